The fraction of sp³-hybridized carbons (Fsp3) is 0.316. The molecule has 1 fully saturated rings. The van der Waals surface area contributed by atoms with Gasteiger partial charge in [-0.3, -0.25) is 0 Å². The van der Waals surface area contributed by atoms with Crippen molar-refractivity contribution in [3.63, 3.8) is 0 Å². The van der Waals surface area contributed by atoms with Crippen molar-refractivity contribution in [2.24, 2.45) is 0 Å². The molecular weight excluding hydrogens is 304 g/mol. The molecule has 2 N–H and O–H groups in total. The van der Waals surface area contributed by atoms with E-state index in [-0.39, 0.29) is 12.1 Å². The van der Waals surface area contributed by atoms with Crippen LogP contribution in [-0.4, -0.2) is 25.3 Å². The van der Waals surface area contributed by atoms with E-state index in [0.29, 0.717) is 12.3 Å². The predicted octanol–water partition coefficient (Wildman–Crippen LogP) is 4.12. The zero-order valence-electron chi connectivity index (χ0n) is 14.0. The Morgan fingerprint density at radius 1 is 1.08 bits per heavy atom. The second-order valence-electron chi connectivity index (χ2n) is 5.97. The molecule has 0 radical (unpaired) electrons. The van der Waals surface area contributed by atoms with Gasteiger partial charge in [0.2, 0.25) is 0 Å². The first-order valence-corrected chi connectivity index (χ1v) is 8.10. The molecule has 0 aliphatic carbocycles. The highest BCUT2D eigenvalue weighted by molar-refractivity contribution is 6.00. The van der Waals surface area contributed by atoms with Crippen molar-refractivity contribution in [1.29, 1.82) is 0 Å². The van der Waals surface area contributed by atoms with Gasteiger partial charge in [-0.25, -0.2) is 4.79 Å². The number of ether oxygens (including phenoxy) is 2. The summed E-state index contributed by atoms with van der Waals surface area (Å²) >= 11 is 0. The summed E-state index contributed by atoms with van der Waals surface area (Å²) in [5.41, 5.74) is 3.63. The average Bonchev–Trinajstić information content (AvgIpc) is 3.06. The fourth-order valence-electron chi connectivity index (χ4n) is 2.70. The lowest BCUT2D eigenvalue weighted by atomic mass is 10.1. The molecule has 2 aromatic rings. The molecule has 1 heterocycles. The van der Waals surface area contributed by atoms with Crippen molar-refractivity contribution in [2.45, 2.75) is 26.4 Å². The Morgan fingerprint density at radius 2 is 1.79 bits per heavy atom. The quantitative estimate of drug-likeness (QED) is 0.888. The molecule has 0 saturated carbocycles. The molecule has 24 heavy (non-hydrogen) atoms. The van der Waals surface area contributed by atoms with Crippen LogP contribution < -0.4 is 15.4 Å². The second-order valence-corrected chi connectivity index (χ2v) is 5.97. The number of hydrogen-bond acceptors (Lipinski definition) is 3. The third-order valence-electron chi connectivity index (χ3n) is 4.02. The van der Waals surface area contributed by atoms with Gasteiger partial charge in [-0.2, -0.15) is 0 Å². The van der Waals surface area contributed by atoms with Crippen molar-refractivity contribution in [3.05, 3.63) is 53.6 Å². The summed E-state index contributed by atoms with van der Waals surface area (Å²) in [4.78, 5) is 12.2. The van der Waals surface area contributed by atoms with Crippen molar-refractivity contribution < 1.29 is 14.3 Å². The summed E-state index contributed by atoms with van der Waals surface area (Å²) in [5, 5.41) is 5.74. The number of para-hydroxylation sites is 1. The molecule has 5 nitrogen and oxygen atoms in total. The minimum absolute atomic E-state index is 0.121. The number of rotatable bonds is 4. The number of benzene rings is 2. The first kappa shape index (κ1) is 16.3. The van der Waals surface area contributed by atoms with Gasteiger partial charge >= 0.3 is 6.03 Å². The third kappa shape index (κ3) is 4.06. The highest BCUT2D eigenvalue weighted by Crippen LogP contribution is 2.21. The third-order valence-corrected chi connectivity index (χ3v) is 4.02. The molecule has 2 amide bonds. The minimum Gasteiger partial charge on any atom is -0.488 e. The zero-order valence-corrected chi connectivity index (χ0v) is 14.0. The van der Waals surface area contributed by atoms with Gasteiger partial charge in [0.1, 0.15) is 11.9 Å². The molecule has 1 saturated heterocycles. The van der Waals surface area contributed by atoms with Gasteiger partial charge in [-0.05, 0) is 49.2 Å². The van der Waals surface area contributed by atoms with Gasteiger partial charge in [0.05, 0.1) is 13.2 Å². The number of nitrogens with one attached hydrogen (secondary N) is 2. The predicted molar refractivity (Wildman–Crippen MR) is 94.9 cm³/mol. The van der Waals surface area contributed by atoms with Crippen LogP contribution in [0.2, 0.25) is 0 Å². The van der Waals surface area contributed by atoms with Gasteiger partial charge in [0, 0.05) is 17.8 Å². The van der Waals surface area contributed by atoms with E-state index in [0.717, 1.165) is 35.6 Å². The number of urea groups is 1. The summed E-state index contributed by atoms with van der Waals surface area (Å²) in [5.74, 6) is 0.784. The first-order valence-electron chi connectivity index (χ1n) is 8.10. The van der Waals surface area contributed by atoms with Gasteiger partial charge in [0.25, 0.3) is 0 Å². The Balaban J connectivity index is 1.58. The van der Waals surface area contributed by atoms with Crippen LogP contribution in [0.4, 0.5) is 16.2 Å². The normalized spacial score (nSPS) is 16.7. The molecule has 3 rings (SSSR count). The highest BCUT2D eigenvalue weighted by Gasteiger charge is 2.17. The highest BCUT2D eigenvalue weighted by atomic mass is 16.5. The second kappa shape index (κ2) is 7.36. The summed E-state index contributed by atoms with van der Waals surface area (Å²) in [7, 11) is 0. The van der Waals surface area contributed by atoms with E-state index in [2.05, 4.69) is 10.6 Å². The van der Waals surface area contributed by atoms with E-state index in [1.165, 1.54) is 0 Å². The minimum atomic E-state index is -0.259. The Kier molecular flexibility index (Phi) is 5.01. The Hall–Kier alpha value is -2.53. The van der Waals surface area contributed by atoms with Crippen molar-refractivity contribution in [1.82, 2.24) is 0 Å². The van der Waals surface area contributed by atoms with Crippen LogP contribution in [0.3, 0.4) is 0 Å². The van der Waals surface area contributed by atoms with Crippen molar-refractivity contribution in [3.8, 4) is 5.75 Å². The lowest BCUT2D eigenvalue weighted by Gasteiger charge is -2.14. The Morgan fingerprint density at radius 3 is 2.42 bits per heavy atom. The van der Waals surface area contributed by atoms with Gasteiger partial charge in [-0.1, -0.05) is 18.2 Å². The number of hydrogen-bond donors (Lipinski definition) is 2. The van der Waals surface area contributed by atoms with E-state index in [4.69, 9.17) is 9.47 Å². The molecule has 5 heteroatoms. The summed E-state index contributed by atoms with van der Waals surface area (Å²) in [6, 6.07) is 13.0. The average molecular weight is 326 g/mol. The lowest BCUT2D eigenvalue weighted by Crippen LogP contribution is -2.20. The van der Waals surface area contributed by atoms with Crippen molar-refractivity contribution in [2.75, 3.05) is 23.8 Å². The van der Waals surface area contributed by atoms with Gasteiger partial charge in [0.15, 0.2) is 0 Å². The standard InChI is InChI=1S/C19H22N2O3/c1-13-4-3-5-14(2)18(13)21-19(22)20-15-6-8-16(9-7-15)24-17-10-11-23-12-17/h3-9,17H,10-12H2,1-2H3,(H2,20,21,22)/t17-/m1/s1. The molecule has 1 aliphatic heterocycles. The Bertz CT molecular complexity index is 687. The maximum absolute atomic E-state index is 12.2. The van der Waals surface area contributed by atoms with E-state index >= 15 is 0 Å². The molecule has 0 spiro atoms. The summed E-state index contributed by atoms with van der Waals surface area (Å²) < 4.78 is 11.1. The summed E-state index contributed by atoms with van der Waals surface area (Å²) in [6.07, 6.45) is 1.04. The largest absolute Gasteiger partial charge is 0.488 e. The van der Waals surface area contributed by atoms with Crippen molar-refractivity contribution >= 4 is 17.4 Å². The van der Waals surface area contributed by atoms with E-state index in [1.807, 2.05) is 56.3 Å². The first-order chi connectivity index (χ1) is 11.6. The zero-order chi connectivity index (χ0) is 16.9. The number of anilines is 2. The Labute approximate surface area is 142 Å². The number of amides is 2. The summed E-state index contributed by atoms with van der Waals surface area (Å²) in [6.45, 7) is 5.34. The van der Waals surface area contributed by atoms with Crippen LogP contribution in [0.25, 0.3) is 0 Å². The van der Waals surface area contributed by atoms with Crippen LogP contribution in [0.15, 0.2) is 42.5 Å². The molecular formula is C19H22N2O3. The lowest BCUT2D eigenvalue weighted by molar-refractivity contribution is 0.141. The maximum Gasteiger partial charge on any atom is 0.323 e. The molecule has 2 aromatic carbocycles. The van der Waals surface area contributed by atoms with Crippen LogP contribution in [0, 0.1) is 13.8 Å². The van der Waals surface area contributed by atoms with Crippen LogP contribution in [0.5, 0.6) is 5.75 Å². The van der Waals surface area contributed by atoms with Gasteiger partial charge in [-0.15, -0.1) is 0 Å². The smallest absolute Gasteiger partial charge is 0.323 e. The monoisotopic (exact) mass is 326 g/mol. The number of carbonyl (C=O) groups excluding carboxylic acids is 1. The topological polar surface area (TPSA) is 59.6 Å². The van der Waals surface area contributed by atoms with E-state index in [9.17, 15) is 4.79 Å². The van der Waals surface area contributed by atoms with E-state index < -0.39 is 0 Å². The van der Waals surface area contributed by atoms with E-state index in [1.54, 1.807) is 0 Å². The molecule has 0 unspecified atom stereocenters. The van der Waals surface area contributed by atoms with Crippen LogP contribution in [0.1, 0.15) is 17.5 Å². The fourth-order valence-corrected chi connectivity index (χ4v) is 2.70. The maximum atomic E-state index is 12.2. The molecule has 1 aliphatic rings. The van der Waals surface area contributed by atoms with Gasteiger partial charge < -0.3 is 20.1 Å². The van der Waals surface area contributed by atoms with Crippen LogP contribution >= 0.6 is 0 Å². The number of aryl methyl sites for hydroxylation is 2. The molecule has 0 aromatic heterocycles. The molecule has 1 atom stereocenters. The molecule has 0 bridgehead atoms. The SMILES string of the molecule is Cc1cccc(C)c1NC(=O)Nc1ccc(O[C@@H]2CCOC2)cc1. The molecule has 126 valence electrons. The number of carbonyl (C=O) groups is 1. The van der Waals surface area contributed by atoms with Crippen LogP contribution in [-0.2, 0) is 4.74 Å².